The van der Waals surface area contributed by atoms with Gasteiger partial charge in [-0.2, -0.15) is 0 Å². The van der Waals surface area contributed by atoms with Crippen molar-refractivity contribution in [1.82, 2.24) is 9.97 Å². The number of hydrogen-bond acceptors (Lipinski definition) is 5. The van der Waals surface area contributed by atoms with E-state index in [1.54, 1.807) is 6.33 Å². The van der Waals surface area contributed by atoms with Crippen LogP contribution in [0.5, 0.6) is 0 Å². The molecular formula is C13H20N4O. The Kier molecular flexibility index (Phi) is 3.43. The summed E-state index contributed by atoms with van der Waals surface area (Å²) < 4.78 is 5.67. The van der Waals surface area contributed by atoms with Crippen molar-refractivity contribution in [1.29, 1.82) is 0 Å². The predicted octanol–water partition coefficient (Wildman–Crippen LogP) is 1.26. The highest BCUT2D eigenvalue weighted by molar-refractivity contribution is 5.40. The molecule has 2 atom stereocenters. The molecule has 3 heterocycles. The molecule has 0 spiro atoms. The van der Waals surface area contributed by atoms with Gasteiger partial charge in [0.25, 0.3) is 0 Å². The molecule has 18 heavy (non-hydrogen) atoms. The summed E-state index contributed by atoms with van der Waals surface area (Å²) in [5.74, 6) is 0.991. The van der Waals surface area contributed by atoms with Crippen molar-refractivity contribution in [2.75, 3.05) is 24.6 Å². The van der Waals surface area contributed by atoms with Gasteiger partial charge in [-0.25, -0.2) is 9.97 Å². The second-order valence-corrected chi connectivity index (χ2v) is 5.15. The Hall–Kier alpha value is -1.20. The number of hydrogen-bond donors (Lipinski definition) is 1. The van der Waals surface area contributed by atoms with E-state index in [0.29, 0.717) is 0 Å². The minimum absolute atomic E-state index is 0.158. The largest absolute Gasteiger partial charge is 0.372 e. The monoisotopic (exact) mass is 248 g/mol. The van der Waals surface area contributed by atoms with Gasteiger partial charge in [0.15, 0.2) is 0 Å². The molecule has 2 N–H and O–H groups in total. The fraction of sp³-hybridized carbons (Fsp3) is 0.692. The Bertz CT molecular complexity index is 406. The maximum Gasteiger partial charge on any atom is 0.132 e. The first-order chi connectivity index (χ1) is 8.83. The predicted molar refractivity (Wildman–Crippen MR) is 69.4 cm³/mol. The topological polar surface area (TPSA) is 64.3 Å². The molecule has 3 rings (SSSR count). The van der Waals surface area contributed by atoms with Crippen LogP contribution in [0.2, 0.25) is 0 Å². The van der Waals surface area contributed by atoms with Gasteiger partial charge in [-0.15, -0.1) is 0 Å². The standard InChI is InChI=1S/C13H20N4O/c14-10-3-1-5-17(8-10)13-7-11(15-9-16-13)12-4-2-6-18-12/h7,9-10,12H,1-6,8,14H2. The van der Waals surface area contributed by atoms with Gasteiger partial charge in [0.2, 0.25) is 0 Å². The highest BCUT2D eigenvalue weighted by atomic mass is 16.5. The Morgan fingerprint density at radius 2 is 2.22 bits per heavy atom. The number of rotatable bonds is 2. The molecule has 2 saturated heterocycles. The normalized spacial score (nSPS) is 28.6. The van der Waals surface area contributed by atoms with Crippen LogP contribution in [0.25, 0.3) is 0 Å². The lowest BCUT2D eigenvalue weighted by atomic mass is 10.1. The van der Waals surface area contributed by atoms with Crippen molar-refractivity contribution >= 4 is 5.82 Å². The molecular weight excluding hydrogens is 228 g/mol. The summed E-state index contributed by atoms with van der Waals surface area (Å²) in [5.41, 5.74) is 7.02. The molecule has 2 fully saturated rings. The zero-order chi connectivity index (χ0) is 12.4. The van der Waals surface area contributed by atoms with E-state index in [9.17, 15) is 0 Å². The molecule has 1 aromatic heterocycles. The van der Waals surface area contributed by atoms with Crippen molar-refractivity contribution in [3.63, 3.8) is 0 Å². The van der Waals surface area contributed by atoms with E-state index in [0.717, 1.165) is 56.9 Å². The molecule has 1 aromatic rings. The summed E-state index contributed by atoms with van der Waals surface area (Å²) >= 11 is 0. The first-order valence-electron chi connectivity index (χ1n) is 6.77. The minimum atomic E-state index is 0.158. The van der Waals surface area contributed by atoms with Crippen LogP contribution in [0.4, 0.5) is 5.82 Å². The van der Waals surface area contributed by atoms with E-state index >= 15 is 0 Å². The second-order valence-electron chi connectivity index (χ2n) is 5.15. The van der Waals surface area contributed by atoms with Crippen molar-refractivity contribution in [2.24, 2.45) is 5.73 Å². The Morgan fingerprint density at radius 3 is 3.00 bits per heavy atom. The summed E-state index contributed by atoms with van der Waals surface area (Å²) in [7, 11) is 0. The second kappa shape index (κ2) is 5.20. The zero-order valence-electron chi connectivity index (χ0n) is 10.6. The van der Waals surface area contributed by atoms with Gasteiger partial charge >= 0.3 is 0 Å². The molecule has 0 saturated carbocycles. The molecule has 98 valence electrons. The smallest absolute Gasteiger partial charge is 0.132 e. The van der Waals surface area contributed by atoms with Crippen LogP contribution in [-0.2, 0) is 4.74 Å². The van der Waals surface area contributed by atoms with Crippen LogP contribution in [0.3, 0.4) is 0 Å². The highest BCUT2D eigenvalue weighted by Crippen LogP contribution is 2.28. The number of aromatic nitrogens is 2. The van der Waals surface area contributed by atoms with E-state index in [-0.39, 0.29) is 12.1 Å². The molecule has 0 amide bonds. The SMILES string of the molecule is NC1CCCN(c2cc(C3CCCO3)ncn2)C1. The van der Waals surface area contributed by atoms with Crippen LogP contribution in [0.1, 0.15) is 37.5 Å². The average molecular weight is 248 g/mol. The minimum Gasteiger partial charge on any atom is -0.372 e. The first-order valence-corrected chi connectivity index (χ1v) is 6.77. The third-order valence-electron chi connectivity index (χ3n) is 3.72. The van der Waals surface area contributed by atoms with E-state index in [4.69, 9.17) is 10.5 Å². The summed E-state index contributed by atoms with van der Waals surface area (Å²) in [6.07, 6.45) is 6.24. The van der Waals surface area contributed by atoms with Crippen LogP contribution in [0.15, 0.2) is 12.4 Å². The molecule has 2 aliphatic heterocycles. The van der Waals surface area contributed by atoms with Gasteiger partial charge in [0, 0.05) is 31.8 Å². The van der Waals surface area contributed by atoms with Gasteiger partial charge in [-0.3, -0.25) is 0 Å². The summed E-state index contributed by atoms with van der Waals surface area (Å²) in [6.45, 7) is 2.77. The molecule has 2 aliphatic rings. The molecule has 5 nitrogen and oxygen atoms in total. The van der Waals surface area contributed by atoms with E-state index in [2.05, 4.69) is 20.9 Å². The average Bonchev–Trinajstić information content (AvgIpc) is 2.93. The van der Waals surface area contributed by atoms with Crippen LogP contribution < -0.4 is 10.6 Å². The molecule has 2 unspecified atom stereocenters. The van der Waals surface area contributed by atoms with E-state index < -0.39 is 0 Å². The van der Waals surface area contributed by atoms with Gasteiger partial charge in [0.05, 0.1) is 11.8 Å². The molecule has 5 heteroatoms. The third kappa shape index (κ3) is 2.47. The van der Waals surface area contributed by atoms with Crippen LogP contribution in [-0.4, -0.2) is 35.7 Å². The quantitative estimate of drug-likeness (QED) is 0.853. The molecule has 0 aromatic carbocycles. The fourth-order valence-corrected chi connectivity index (χ4v) is 2.74. The molecule has 0 radical (unpaired) electrons. The Labute approximate surface area is 107 Å². The summed E-state index contributed by atoms with van der Waals surface area (Å²) in [6, 6.07) is 2.33. The molecule has 0 bridgehead atoms. The lowest BCUT2D eigenvalue weighted by Gasteiger charge is -2.31. The van der Waals surface area contributed by atoms with Gasteiger partial charge < -0.3 is 15.4 Å². The zero-order valence-corrected chi connectivity index (χ0v) is 10.6. The fourth-order valence-electron chi connectivity index (χ4n) is 2.74. The van der Waals surface area contributed by atoms with Gasteiger partial charge in [-0.05, 0) is 25.7 Å². The summed E-state index contributed by atoms with van der Waals surface area (Å²) in [5, 5.41) is 0. The lowest BCUT2D eigenvalue weighted by Crippen LogP contribution is -2.43. The number of anilines is 1. The first kappa shape index (κ1) is 11.9. The number of nitrogens with two attached hydrogens (primary N) is 1. The van der Waals surface area contributed by atoms with Crippen molar-refractivity contribution < 1.29 is 4.74 Å². The number of piperidine rings is 1. The Balaban J connectivity index is 1.77. The van der Waals surface area contributed by atoms with Crippen LogP contribution >= 0.6 is 0 Å². The van der Waals surface area contributed by atoms with E-state index in [1.165, 1.54) is 0 Å². The maximum atomic E-state index is 6.01. The number of nitrogens with zero attached hydrogens (tertiary/aromatic N) is 3. The van der Waals surface area contributed by atoms with Crippen molar-refractivity contribution in [3.8, 4) is 0 Å². The third-order valence-corrected chi connectivity index (χ3v) is 3.72. The van der Waals surface area contributed by atoms with Crippen molar-refractivity contribution in [2.45, 2.75) is 37.8 Å². The van der Waals surface area contributed by atoms with Crippen molar-refractivity contribution in [3.05, 3.63) is 18.1 Å². The lowest BCUT2D eigenvalue weighted by molar-refractivity contribution is 0.108. The highest BCUT2D eigenvalue weighted by Gasteiger charge is 2.22. The van der Waals surface area contributed by atoms with Gasteiger partial charge in [0.1, 0.15) is 12.1 Å². The number of ether oxygens (including phenoxy) is 1. The van der Waals surface area contributed by atoms with Gasteiger partial charge in [-0.1, -0.05) is 0 Å². The maximum absolute atomic E-state index is 6.01. The molecule has 0 aliphatic carbocycles. The van der Waals surface area contributed by atoms with Crippen LogP contribution in [0, 0.1) is 0 Å². The Morgan fingerprint density at radius 1 is 1.28 bits per heavy atom. The van der Waals surface area contributed by atoms with E-state index in [1.807, 2.05) is 0 Å². The summed E-state index contributed by atoms with van der Waals surface area (Å²) in [4.78, 5) is 11.0.